The molecule has 18 heavy (non-hydrogen) atoms. The Kier molecular flexibility index (Phi) is 5.81. The van der Waals surface area contributed by atoms with Gasteiger partial charge in [0.25, 0.3) is 0 Å². The number of hydrogen-bond acceptors (Lipinski definition) is 3. The van der Waals surface area contributed by atoms with Gasteiger partial charge in [0, 0.05) is 11.8 Å². The van der Waals surface area contributed by atoms with Gasteiger partial charge in [-0.3, -0.25) is 0 Å². The van der Waals surface area contributed by atoms with Crippen molar-refractivity contribution in [3.05, 3.63) is 29.8 Å². The molecule has 2 N–H and O–H groups in total. The van der Waals surface area contributed by atoms with Crippen molar-refractivity contribution < 1.29 is 17.9 Å². The maximum Gasteiger partial charge on any atom is 0.441 e. The third-order valence-electron chi connectivity index (χ3n) is 2.37. The predicted octanol–water partition coefficient (Wildman–Crippen LogP) is 3.73. The van der Waals surface area contributed by atoms with Gasteiger partial charge >= 0.3 is 5.51 Å². The second-order valence-corrected chi connectivity index (χ2v) is 4.89. The van der Waals surface area contributed by atoms with Crippen molar-refractivity contribution in [2.24, 2.45) is 5.73 Å². The maximum atomic E-state index is 11.9. The number of ether oxygens (including phenoxy) is 1. The number of rotatable bonds is 6. The number of alkyl halides is 3. The van der Waals surface area contributed by atoms with Crippen LogP contribution in [0.1, 0.15) is 24.9 Å². The van der Waals surface area contributed by atoms with Crippen LogP contribution in [0.25, 0.3) is 0 Å². The molecule has 1 unspecified atom stereocenters. The lowest BCUT2D eigenvalue weighted by Gasteiger charge is -2.11. The van der Waals surface area contributed by atoms with E-state index in [1.54, 1.807) is 12.1 Å². The number of thioether (sulfide) groups is 1. The summed E-state index contributed by atoms with van der Waals surface area (Å²) in [5.41, 5.74) is 2.65. The van der Waals surface area contributed by atoms with Crippen LogP contribution >= 0.6 is 11.8 Å². The molecule has 0 aromatic heterocycles. The summed E-state index contributed by atoms with van der Waals surface area (Å²) >= 11 is -0.0805. The smallest absolute Gasteiger partial charge is 0.441 e. The van der Waals surface area contributed by atoms with E-state index in [4.69, 9.17) is 10.5 Å². The van der Waals surface area contributed by atoms with Gasteiger partial charge in [-0.25, -0.2) is 0 Å². The zero-order valence-electron chi connectivity index (χ0n) is 10.0. The molecule has 0 saturated carbocycles. The normalized spacial score (nSPS) is 13.4. The Hall–Kier alpha value is -0.880. The second kappa shape index (κ2) is 6.89. The Bertz CT molecular complexity index is 353. The molecule has 6 heteroatoms. The fourth-order valence-corrected chi connectivity index (χ4v) is 1.76. The lowest BCUT2D eigenvalue weighted by atomic mass is 10.1. The van der Waals surface area contributed by atoms with Gasteiger partial charge in [0.2, 0.25) is 0 Å². The number of hydrogen-bond donors (Lipinski definition) is 1. The Morgan fingerprint density at radius 3 is 2.39 bits per heavy atom. The molecule has 0 heterocycles. The van der Waals surface area contributed by atoms with Crippen molar-refractivity contribution in [2.75, 3.05) is 12.4 Å². The van der Waals surface area contributed by atoms with Gasteiger partial charge in [-0.15, -0.1) is 0 Å². The lowest BCUT2D eigenvalue weighted by Crippen LogP contribution is -2.09. The second-order valence-electron chi connectivity index (χ2n) is 3.73. The highest BCUT2D eigenvalue weighted by Gasteiger charge is 2.27. The molecule has 0 aliphatic rings. The van der Waals surface area contributed by atoms with E-state index in [9.17, 15) is 13.2 Å². The van der Waals surface area contributed by atoms with Crippen LogP contribution in [0.15, 0.2) is 24.3 Å². The Morgan fingerprint density at radius 2 is 1.89 bits per heavy atom. The third-order valence-corrected chi connectivity index (χ3v) is 3.06. The molecule has 0 aliphatic carbocycles. The van der Waals surface area contributed by atoms with Crippen LogP contribution in [0.2, 0.25) is 0 Å². The average molecular weight is 279 g/mol. The molecule has 0 saturated heterocycles. The van der Waals surface area contributed by atoms with E-state index < -0.39 is 5.51 Å². The fourth-order valence-electron chi connectivity index (χ4n) is 1.36. The predicted molar refractivity (Wildman–Crippen MR) is 67.7 cm³/mol. The maximum absolute atomic E-state index is 11.9. The van der Waals surface area contributed by atoms with Gasteiger partial charge in [0.05, 0.1) is 6.61 Å². The first-order valence-corrected chi connectivity index (χ1v) is 6.60. The van der Waals surface area contributed by atoms with Crippen LogP contribution in [0.3, 0.4) is 0 Å². The molecule has 1 rings (SSSR count). The van der Waals surface area contributed by atoms with Gasteiger partial charge in [0.15, 0.2) is 0 Å². The molecular formula is C12H16F3NOS. The molecule has 0 spiro atoms. The first kappa shape index (κ1) is 15.2. The summed E-state index contributed by atoms with van der Waals surface area (Å²) in [4.78, 5) is 0. The zero-order valence-corrected chi connectivity index (χ0v) is 10.9. The summed E-state index contributed by atoms with van der Waals surface area (Å²) in [6, 6.07) is 7.10. The minimum Gasteiger partial charge on any atom is -0.493 e. The van der Waals surface area contributed by atoms with Crippen LogP contribution in [-0.2, 0) is 0 Å². The Labute approximate surface area is 109 Å². The molecule has 0 aliphatic heterocycles. The van der Waals surface area contributed by atoms with Crippen molar-refractivity contribution in [2.45, 2.75) is 24.9 Å². The first-order chi connectivity index (χ1) is 8.42. The van der Waals surface area contributed by atoms with Crippen LogP contribution in [0, 0.1) is 0 Å². The number of halogens is 3. The number of nitrogens with two attached hydrogens (primary N) is 1. The SMILES string of the molecule is CCC(N)c1ccc(OCCSC(F)(F)F)cc1. The molecule has 1 aromatic rings. The minimum atomic E-state index is -4.19. The monoisotopic (exact) mass is 279 g/mol. The van der Waals surface area contributed by atoms with Crippen LogP contribution in [0.5, 0.6) is 5.75 Å². The zero-order chi connectivity index (χ0) is 13.6. The van der Waals surface area contributed by atoms with E-state index in [1.165, 1.54) is 0 Å². The molecule has 1 atom stereocenters. The van der Waals surface area contributed by atoms with Crippen molar-refractivity contribution in [3.8, 4) is 5.75 Å². The van der Waals surface area contributed by atoms with Crippen molar-refractivity contribution in [1.29, 1.82) is 0 Å². The molecule has 0 fully saturated rings. The summed E-state index contributed by atoms with van der Waals surface area (Å²) in [6.07, 6.45) is 0.836. The Morgan fingerprint density at radius 1 is 1.28 bits per heavy atom. The van der Waals surface area contributed by atoms with E-state index in [-0.39, 0.29) is 30.2 Å². The van der Waals surface area contributed by atoms with E-state index in [1.807, 2.05) is 19.1 Å². The third kappa shape index (κ3) is 5.64. The summed E-state index contributed by atoms with van der Waals surface area (Å²) < 4.78 is 40.8. The van der Waals surface area contributed by atoms with Crippen molar-refractivity contribution >= 4 is 11.8 Å². The summed E-state index contributed by atoms with van der Waals surface area (Å²) in [6.45, 7) is 2.02. The van der Waals surface area contributed by atoms with Gasteiger partial charge in [-0.2, -0.15) is 13.2 Å². The van der Waals surface area contributed by atoms with Crippen molar-refractivity contribution in [1.82, 2.24) is 0 Å². The molecule has 2 nitrogen and oxygen atoms in total. The van der Waals surface area contributed by atoms with Gasteiger partial charge < -0.3 is 10.5 Å². The van der Waals surface area contributed by atoms with Gasteiger partial charge in [0.1, 0.15) is 5.75 Å². The summed E-state index contributed by atoms with van der Waals surface area (Å²) in [7, 11) is 0. The summed E-state index contributed by atoms with van der Waals surface area (Å²) in [5, 5.41) is 0. The first-order valence-electron chi connectivity index (χ1n) is 5.61. The van der Waals surface area contributed by atoms with Crippen LogP contribution < -0.4 is 10.5 Å². The highest BCUT2D eigenvalue weighted by atomic mass is 32.2. The molecule has 1 aromatic carbocycles. The topological polar surface area (TPSA) is 35.2 Å². The quantitative estimate of drug-likeness (QED) is 0.806. The fraction of sp³-hybridized carbons (Fsp3) is 0.500. The highest BCUT2D eigenvalue weighted by Crippen LogP contribution is 2.29. The van der Waals surface area contributed by atoms with E-state index >= 15 is 0 Å². The van der Waals surface area contributed by atoms with Gasteiger partial charge in [-0.05, 0) is 35.9 Å². The summed E-state index contributed by atoms with van der Waals surface area (Å²) in [5.74, 6) is 0.449. The van der Waals surface area contributed by atoms with Gasteiger partial charge in [-0.1, -0.05) is 19.1 Å². The standard InChI is InChI=1S/C12H16F3NOS/c1-2-11(16)9-3-5-10(6-4-9)17-7-8-18-12(13,14)15/h3-6,11H,2,7-8,16H2,1H3. The van der Waals surface area contributed by atoms with Crippen molar-refractivity contribution in [3.63, 3.8) is 0 Å². The molecule has 0 bridgehead atoms. The van der Waals surface area contributed by atoms with E-state index in [0.29, 0.717) is 5.75 Å². The van der Waals surface area contributed by atoms with E-state index in [2.05, 4.69) is 0 Å². The molecule has 0 radical (unpaired) electrons. The minimum absolute atomic E-state index is 0.0140. The van der Waals surface area contributed by atoms with Crippen LogP contribution in [0.4, 0.5) is 13.2 Å². The average Bonchev–Trinajstić information content (AvgIpc) is 2.33. The Balaban J connectivity index is 2.35. The highest BCUT2D eigenvalue weighted by molar-refractivity contribution is 8.00. The molecular weight excluding hydrogens is 263 g/mol. The number of benzene rings is 1. The molecule has 0 amide bonds. The van der Waals surface area contributed by atoms with E-state index in [0.717, 1.165) is 12.0 Å². The molecule has 102 valence electrons. The lowest BCUT2D eigenvalue weighted by molar-refractivity contribution is -0.0329. The largest absolute Gasteiger partial charge is 0.493 e. The van der Waals surface area contributed by atoms with Crippen LogP contribution in [-0.4, -0.2) is 17.9 Å².